The van der Waals surface area contributed by atoms with Gasteiger partial charge in [-0.15, -0.1) is 0 Å². The van der Waals surface area contributed by atoms with Gasteiger partial charge < -0.3 is 10.2 Å². The fraction of sp³-hybridized carbons (Fsp3) is 0.900. The predicted octanol–water partition coefficient (Wildman–Crippen LogP) is 1.41. The zero-order chi connectivity index (χ0) is 10.4. The van der Waals surface area contributed by atoms with Gasteiger partial charge in [0.05, 0.1) is 6.54 Å². The highest BCUT2D eigenvalue weighted by molar-refractivity contribution is 8.14. The molecule has 1 atom stereocenters. The number of hydrogen-bond donors (Lipinski definition) is 1. The van der Waals surface area contributed by atoms with Gasteiger partial charge in [-0.3, -0.25) is 4.99 Å². The summed E-state index contributed by atoms with van der Waals surface area (Å²) in [5.41, 5.74) is 0. The quantitative estimate of drug-likeness (QED) is 0.751. The molecule has 0 aromatic carbocycles. The maximum atomic E-state index is 4.38. The number of amidine groups is 1. The van der Waals surface area contributed by atoms with E-state index >= 15 is 0 Å². The number of hydrogen-bond acceptors (Lipinski definition) is 4. The molecule has 0 spiro atoms. The minimum atomic E-state index is 0.499. The lowest BCUT2D eigenvalue weighted by atomic mass is 10.3. The van der Waals surface area contributed by atoms with Crippen LogP contribution in [0.15, 0.2) is 4.99 Å². The summed E-state index contributed by atoms with van der Waals surface area (Å²) < 4.78 is 0. The number of thioether (sulfide) groups is 1. The van der Waals surface area contributed by atoms with Crippen molar-refractivity contribution in [3.63, 3.8) is 0 Å². The van der Waals surface area contributed by atoms with Gasteiger partial charge in [-0.25, -0.2) is 0 Å². The van der Waals surface area contributed by atoms with E-state index in [0.717, 1.165) is 37.1 Å². The van der Waals surface area contributed by atoms with Gasteiger partial charge in [0.15, 0.2) is 5.17 Å². The Morgan fingerprint density at radius 2 is 2.21 bits per heavy atom. The molecule has 14 heavy (non-hydrogen) atoms. The van der Waals surface area contributed by atoms with Crippen molar-refractivity contribution in [1.29, 1.82) is 0 Å². The van der Waals surface area contributed by atoms with Gasteiger partial charge in [0.1, 0.15) is 0 Å². The van der Waals surface area contributed by atoms with Gasteiger partial charge in [-0.05, 0) is 20.0 Å². The highest BCUT2D eigenvalue weighted by Crippen LogP contribution is 2.09. The Bertz CT molecular complexity index is 190. The molecule has 82 valence electrons. The van der Waals surface area contributed by atoms with Crippen LogP contribution in [0.3, 0.4) is 0 Å². The fourth-order valence-electron chi connectivity index (χ4n) is 1.55. The predicted molar refractivity (Wildman–Crippen MR) is 65.1 cm³/mol. The van der Waals surface area contributed by atoms with E-state index in [1.54, 1.807) is 0 Å². The van der Waals surface area contributed by atoms with Crippen molar-refractivity contribution >= 4 is 16.9 Å². The molecule has 1 unspecified atom stereocenters. The Morgan fingerprint density at radius 3 is 2.71 bits per heavy atom. The van der Waals surface area contributed by atoms with E-state index in [4.69, 9.17) is 0 Å². The molecule has 0 bridgehead atoms. The SMILES string of the molecule is CCN(CC)CC(C)NC1=NCCS1. The summed E-state index contributed by atoms with van der Waals surface area (Å²) in [7, 11) is 0. The van der Waals surface area contributed by atoms with Crippen LogP contribution in [-0.4, -0.2) is 48.0 Å². The molecule has 0 saturated heterocycles. The second kappa shape index (κ2) is 6.30. The fourth-order valence-corrected chi connectivity index (χ4v) is 2.39. The van der Waals surface area contributed by atoms with Gasteiger partial charge in [0.25, 0.3) is 0 Å². The lowest BCUT2D eigenvalue weighted by Crippen LogP contribution is -2.40. The number of aliphatic imine (C=N–C) groups is 1. The van der Waals surface area contributed by atoms with Crippen molar-refractivity contribution in [2.75, 3.05) is 31.9 Å². The number of likely N-dealkylation sites (N-methyl/N-ethyl adjacent to an activating group) is 1. The maximum Gasteiger partial charge on any atom is 0.156 e. The monoisotopic (exact) mass is 215 g/mol. The molecule has 0 saturated carbocycles. The highest BCUT2D eigenvalue weighted by Gasteiger charge is 2.11. The topological polar surface area (TPSA) is 27.6 Å². The first-order valence-corrected chi connectivity index (χ1v) is 6.41. The second-order valence-corrected chi connectivity index (χ2v) is 4.65. The van der Waals surface area contributed by atoms with E-state index in [1.165, 1.54) is 0 Å². The van der Waals surface area contributed by atoms with E-state index in [9.17, 15) is 0 Å². The first-order valence-electron chi connectivity index (χ1n) is 5.42. The summed E-state index contributed by atoms with van der Waals surface area (Å²) in [6.07, 6.45) is 0. The van der Waals surface area contributed by atoms with Crippen LogP contribution in [0.4, 0.5) is 0 Å². The average molecular weight is 215 g/mol. The lowest BCUT2D eigenvalue weighted by Gasteiger charge is -2.23. The van der Waals surface area contributed by atoms with Crippen molar-refractivity contribution in [1.82, 2.24) is 10.2 Å². The van der Waals surface area contributed by atoms with Crippen LogP contribution in [0, 0.1) is 0 Å². The summed E-state index contributed by atoms with van der Waals surface area (Å²) >= 11 is 1.83. The first-order chi connectivity index (χ1) is 6.76. The molecule has 1 rings (SSSR count). The zero-order valence-electron chi connectivity index (χ0n) is 9.42. The number of nitrogens with zero attached hydrogens (tertiary/aromatic N) is 2. The smallest absolute Gasteiger partial charge is 0.156 e. The van der Waals surface area contributed by atoms with Crippen LogP contribution >= 0.6 is 11.8 Å². The molecule has 3 nitrogen and oxygen atoms in total. The molecular weight excluding hydrogens is 194 g/mol. The molecule has 0 fully saturated rings. The maximum absolute atomic E-state index is 4.38. The first kappa shape index (κ1) is 11.9. The van der Waals surface area contributed by atoms with E-state index in [2.05, 4.69) is 36.0 Å². The van der Waals surface area contributed by atoms with Crippen LogP contribution in [-0.2, 0) is 0 Å². The molecule has 1 aliphatic rings. The van der Waals surface area contributed by atoms with Gasteiger partial charge in [0.2, 0.25) is 0 Å². The van der Waals surface area contributed by atoms with Crippen LogP contribution in [0.2, 0.25) is 0 Å². The van der Waals surface area contributed by atoms with E-state index in [-0.39, 0.29) is 0 Å². The summed E-state index contributed by atoms with van der Waals surface area (Å²) in [5.74, 6) is 1.14. The van der Waals surface area contributed by atoms with Gasteiger partial charge in [0, 0.05) is 18.3 Å². The Hall–Kier alpha value is -0.220. The summed E-state index contributed by atoms with van der Waals surface area (Å²) in [6, 6.07) is 0.499. The molecule has 0 aromatic heterocycles. The van der Waals surface area contributed by atoms with Crippen molar-refractivity contribution < 1.29 is 0 Å². The molecule has 1 heterocycles. The normalized spacial score (nSPS) is 18.4. The minimum Gasteiger partial charge on any atom is -0.361 e. The van der Waals surface area contributed by atoms with Gasteiger partial charge in [-0.1, -0.05) is 25.6 Å². The van der Waals surface area contributed by atoms with Crippen LogP contribution in [0.25, 0.3) is 0 Å². The number of rotatable bonds is 5. The standard InChI is InChI=1S/C10H21N3S/c1-4-13(5-2)8-9(3)12-10-11-6-7-14-10/h9H,4-8H2,1-3H3,(H,11,12). The molecular formula is C10H21N3S. The Labute approximate surface area is 91.3 Å². The largest absolute Gasteiger partial charge is 0.361 e. The van der Waals surface area contributed by atoms with Crippen molar-refractivity contribution in [2.45, 2.75) is 26.8 Å². The Kier molecular flexibility index (Phi) is 5.33. The van der Waals surface area contributed by atoms with E-state index in [0.29, 0.717) is 6.04 Å². The van der Waals surface area contributed by atoms with E-state index in [1.807, 2.05) is 11.8 Å². The van der Waals surface area contributed by atoms with Gasteiger partial charge >= 0.3 is 0 Å². The third-order valence-electron chi connectivity index (χ3n) is 2.38. The molecule has 1 aliphatic heterocycles. The molecule has 0 radical (unpaired) electrons. The Morgan fingerprint density at radius 1 is 1.50 bits per heavy atom. The van der Waals surface area contributed by atoms with Crippen LogP contribution < -0.4 is 5.32 Å². The highest BCUT2D eigenvalue weighted by atomic mass is 32.2. The molecule has 1 N–H and O–H groups in total. The Balaban J connectivity index is 2.23. The minimum absolute atomic E-state index is 0.499. The summed E-state index contributed by atoms with van der Waals surface area (Å²) in [6.45, 7) is 11.0. The van der Waals surface area contributed by atoms with E-state index < -0.39 is 0 Å². The van der Waals surface area contributed by atoms with Crippen LogP contribution in [0.1, 0.15) is 20.8 Å². The third kappa shape index (κ3) is 3.88. The number of nitrogens with one attached hydrogen (secondary N) is 1. The average Bonchev–Trinajstić information content (AvgIpc) is 2.66. The molecule has 0 aliphatic carbocycles. The third-order valence-corrected chi connectivity index (χ3v) is 3.29. The van der Waals surface area contributed by atoms with Crippen molar-refractivity contribution in [3.8, 4) is 0 Å². The molecule has 0 amide bonds. The summed E-state index contributed by atoms with van der Waals surface area (Å²) in [5, 5.41) is 4.58. The molecule has 4 heteroatoms. The van der Waals surface area contributed by atoms with Gasteiger partial charge in [-0.2, -0.15) is 0 Å². The summed E-state index contributed by atoms with van der Waals surface area (Å²) in [4.78, 5) is 6.81. The van der Waals surface area contributed by atoms with Crippen LogP contribution in [0.5, 0.6) is 0 Å². The molecule has 0 aromatic rings. The zero-order valence-corrected chi connectivity index (χ0v) is 10.2. The lowest BCUT2D eigenvalue weighted by molar-refractivity contribution is 0.282. The van der Waals surface area contributed by atoms with Crippen molar-refractivity contribution in [3.05, 3.63) is 0 Å². The second-order valence-electron chi connectivity index (χ2n) is 3.57. The van der Waals surface area contributed by atoms with Crippen molar-refractivity contribution in [2.24, 2.45) is 4.99 Å².